The third-order valence-electron chi connectivity index (χ3n) is 5.04. The van der Waals surface area contributed by atoms with Crippen LogP contribution in [0.5, 0.6) is 11.6 Å². The summed E-state index contributed by atoms with van der Waals surface area (Å²) < 4.78 is 33.7. The Labute approximate surface area is 177 Å². The topological polar surface area (TPSA) is 58.2 Å². The van der Waals surface area contributed by atoms with Gasteiger partial charge in [-0.15, -0.1) is 0 Å². The van der Waals surface area contributed by atoms with Gasteiger partial charge in [-0.2, -0.15) is 0 Å². The Kier molecular flexibility index (Phi) is 5.19. The standard InChI is InChI=1S/C24H21F2N3O2/c1-13-11-19(30)23(29(3)4)22(27-13)16-12-15-7-5-6-8-18(15)28-24(16)31-20-10-9-17(25)21(26)14(20)2/h5-12H,1-4H3,(H,27,30). The smallest absolute Gasteiger partial charge is 0.229 e. The van der Waals surface area contributed by atoms with Crippen LogP contribution in [0.4, 0.5) is 14.5 Å². The van der Waals surface area contributed by atoms with Crippen LogP contribution in [0.15, 0.2) is 53.3 Å². The van der Waals surface area contributed by atoms with Gasteiger partial charge >= 0.3 is 0 Å². The number of aromatic amines is 1. The van der Waals surface area contributed by atoms with Gasteiger partial charge in [0.05, 0.1) is 16.8 Å². The molecule has 1 N–H and O–H groups in total. The van der Waals surface area contributed by atoms with Crippen LogP contribution in [0.25, 0.3) is 22.2 Å². The molecular formula is C24H21F2N3O2. The van der Waals surface area contributed by atoms with Crippen LogP contribution in [0.2, 0.25) is 0 Å². The Hall–Kier alpha value is -3.74. The lowest BCUT2D eigenvalue weighted by molar-refractivity contribution is 0.444. The molecule has 0 radical (unpaired) electrons. The van der Waals surface area contributed by atoms with E-state index in [-0.39, 0.29) is 22.6 Å². The Morgan fingerprint density at radius 3 is 2.52 bits per heavy atom. The van der Waals surface area contributed by atoms with Gasteiger partial charge in [0.25, 0.3) is 0 Å². The summed E-state index contributed by atoms with van der Waals surface area (Å²) in [6, 6.07) is 13.2. The van der Waals surface area contributed by atoms with E-state index in [4.69, 9.17) is 4.74 Å². The number of hydrogen-bond donors (Lipinski definition) is 1. The molecule has 0 aliphatic heterocycles. The molecule has 0 aliphatic rings. The molecule has 158 valence electrons. The number of nitrogens with one attached hydrogen (secondary N) is 1. The van der Waals surface area contributed by atoms with Crippen LogP contribution >= 0.6 is 0 Å². The third kappa shape index (κ3) is 3.74. The van der Waals surface area contributed by atoms with Gasteiger partial charge < -0.3 is 14.6 Å². The van der Waals surface area contributed by atoms with Crippen molar-refractivity contribution in [2.75, 3.05) is 19.0 Å². The van der Waals surface area contributed by atoms with Crippen molar-refractivity contribution in [2.24, 2.45) is 0 Å². The van der Waals surface area contributed by atoms with Crippen molar-refractivity contribution in [3.05, 3.63) is 81.6 Å². The number of fused-ring (bicyclic) bond motifs is 1. The molecule has 0 saturated heterocycles. The Bertz CT molecular complexity index is 1360. The quantitative estimate of drug-likeness (QED) is 0.483. The van der Waals surface area contributed by atoms with Crippen molar-refractivity contribution in [3.8, 4) is 22.9 Å². The minimum Gasteiger partial charge on any atom is -0.438 e. The van der Waals surface area contributed by atoms with Crippen molar-refractivity contribution in [1.82, 2.24) is 9.97 Å². The zero-order chi connectivity index (χ0) is 22.3. The van der Waals surface area contributed by atoms with Crippen LogP contribution in [0.1, 0.15) is 11.3 Å². The lowest BCUT2D eigenvalue weighted by Gasteiger charge is -2.20. The van der Waals surface area contributed by atoms with E-state index in [0.717, 1.165) is 11.5 Å². The van der Waals surface area contributed by atoms with Gasteiger partial charge in [-0.3, -0.25) is 4.79 Å². The fraction of sp³-hybridized carbons (Fsp3) is 0.167. The highest BCUT2D eigenvalue weighted by molar-refractivity contribution is 5.88. The largest absolute Gasteiger partial charge is 0.438 e. The van der Waals surface area contributed by atoms with Crippen LogP contribution in [-0.4, -0.2) is 24.1 Å². The maximum absolute atomic E-state index is 14.1. The van der Waals surface area contributed by atoms with E-state index >= 15 is 0 Å². The van der Waals surface area contributed by atoms with Gasteiger partial charge in [0.15, 0.2) is 11.6 Å². The van der Waals surface area contributed by atoms with Gasteiger partial charge in [-0.1, -0.05) is 18.2 Å². The first-order valence-corrected chi connectivity index (χ1v) is 9.70. The number of nitrogens with zero attached hydrogens (tertiary/aromatic N) is 2. The molecule has 7 heteroatoms. The maximum atomic E-state index is 14.1. The minimum absolute atomic E-state index is 0.0338. The lowest BCUT2D eigenvalue weighted by Crippen LogP contribution is -2.21. The molecule has 0 aliphatic carbocycles. The minimum atomic E-state index is -0.974. The van der Waals surface area contributed by atoms with Crippen LogP contribution in [0.3, 0.4) is 0 Å². The number of para-hydroxylation sites is 1. The molecule has 2 aromatic heterocycles. The summed E-state index contributed by atoms with van der Waals surface area (Å²) >= 11 is 0. The predicted octanol–water partition coefficient (Wildman–Crippen LogP) is 5.34. The number of anilines is 1. The molecule has 5 nitrogen and oxygen atoms in total. The molecule has 0 atom stereocenters. The number of benzene rings is 2. The molecule has 4 rings (SSSR count). The van der Waals surface area contributed by atoms with Crippen LogP contribution in [0, 0.1) is 25.5 Å². The normalized spacial score (nSPS) is 11.0. The summed E-state index contributed by atoms with van der Waals surface area (Å²) in [7, 11) is 3.55. The third-order valence-corrected chi connectivity index (χ3v) is 5.04. The SMILES string of the molecule is Cc1cc(=O)c(N(C)C)c(-c2cc3ccccc3nc2Oc2ccc(F)c(F)c2C)[nH]1. The maximum Gasteiger partial charge on any atom is 0.229 e. The van der Waals surface area contributed by atoms with Gasteiger partial charge in [-0.25, -0.2) is 13.8 Å². The molecule has 31 heavy (non-hydrogen) atoms. The zero-order valence-electron chi connectivity index (χ0n) is 17.6. The number of halogens is 2. The second kappa shape index (κ2) is 7.83. The fourth-order valence-corrected chi connectivity index (χ4v) is 3.52. The summed E-state index contributed by atoms with van der Waals surface area (Å²) in [5, 5.41) is 0.846. The van der Waals surface area contributed by atoms with E-state index < -0.39 is 11.6 Å². The molecule has 4 aromatic rings. The second-order valence-corrected chi connectivity index (χ2v) is 7.55. The zero-order valence-corrected chi connectivity index (χ0v) is 17.6. The first-order valence-electron chi connectivity index (χ1n) is 9.70. The average molecular weight is 421 g/mol. The predicted molar refractivity (Wildman–Crippen MR) is 118 cm³/mol. The fourth-order valence-electron chi connectivity index (χ4n) is 3.52. The lowest BCUT2D eigenvalue weighted by atomic mass is 10.1. The molecule has 0 spiro atoms. The van der Waals surface area contributed by atoms with E-state index in [1.165, 1.54) is 19.1 Å². The van der Waals surface area contributed by atoms with Gasteiger partial charge in [0.1, 0.15) is 11.4 Å². The molecule has 0 bridgehead atoms. The summed E-state index contributed by atoms with van der Waals surface area (Å²) in [5.74, 6) is -1.60. The molecule has 0 unspecified atom stereocenters. The van der Waals surface area contributed by atoms with E-state index in [9.17, 15) is 13.6 Å². The number of aryl methyl sites for hydroxylation is 1. The first-order chi connectivity index (χ1) is 14.8. The number of pyridine rings is 2. The monoisotopic (exact) mass is 421 g/mol. The number of H-pyrrole nitrogens is 1. The summed E-state index contributed by atoms with van der Waals surface area (Å²) in [4.78, 5) is 22.3. The van der Waals surface area contributed by atoms with Crippen molar-refractivity contribution < 1.29 is 13.5 Å². The van der Waals surface area contributed by atoms with Crippen molar-refractivity contribution in [1.29, 1.82) is 0 Å². The average Bonchev–Trinajstić information content (AvgIpc) is 2.72. The Morgan fingerprint density at radius 1 is 1.03 bits per heavy atom. The molecule has 2 heterocycles. The van der Waals surface area contributed by atoms with E-state index in [0.29, 0.717) is 28.2 Å². The van der Waals surface area contributed by atoms with Gasteiger partial charge in [0, 0.05) is 36.8 Å². The summed E-state index contributed by atoms with van der Waals surface area (Å²) in [6.45, 7) is 3.23. The van der Waals surface area contributed by atoms with Crippen molar-refractivity contribution >= 4 is 16.6 Å². The first kappa shape index (κ1) is 20.5. The summed E-state index contributed by atoms with van der Waals surface area (Å²) in [6.07, 6.45) is 0. The number of rotatable bonds is 4. The molecule has 0 amide bonds. The number of ether oxygens (including phenoxy) is 1. The molecular weight excluding hydrogens is 400 g/mol. The second-order valence-electron chi connectivity index (χ2n) is 7.55. The number of hydrogen-bond acceptors (Lipinski definition) is 4. The van der Waals surface area contributed by atoms with Crippen LogP contribution in [-0.2, 0) is 0 Å². The highest BCUT2D eigenvalue weighted by Gasteiger charge is 2.20. The van der Waals surface area contributed by atoms with E-state index in [1.54, 1.807) is 25.9 Å². The van der Waals surface area contributed by atoms with E-state index in [1.807, 2.05) is 30.3 Å². The summed E-state index contributed by atoms with van der Waals surface area (Å²) in [5.41, 5.74) is 2.73. The number of aromatic nitrogens is 2. The van der Waals surface area contributed by atoms with E-state index in [2.05, 4.69) is 9.97 Å². The van der Waals surface area contributed by atoms with Crippen molar-refractivity contribution in [2.45, 2.75) is 13.8 Å². The van der Waals surface area contributed by atoms with Crippen molar-refractivity contribution in [3.63, 3.8) is 0 Å². The van der Waals surface area contributed by atoms with Crippen LogP contribution < -0.4 is 15.1 Å². The highest BCUT2D eigenvalue weighted by atomic mass is 19.2. The van der Waals surface area contributed by atoms with Gasteiger partial charge in [-0.05, 0) is 38.1 Å². The van der Waals surface area contributed by atoms with Gasteiger partial charge in [0.2, 0.25) is 11.3 Å². The Balaban J connectivity index is 2.01. The highest BCUT2D eigenvalue weighted by Crippen LogP contribution is 2.38. The Morgan fingerprint density at radius 2 is 1.77 bits per heavy atom. The molecule has 0 saturated carbocycles. The molecule has 0 fully saturated rings. The molecule has 2 aromatic carbocycles.